The lowest BCUT2D eigenvalue weighted by atomic mass is 9.69. The van der Waals surface area contributed by atoms with Gasteiger partial charge in [0, 0.05) is 0 Å². The first-order chi connectivity index (χ1) is 10.8. The summed E-state index contributed by atoms with van der Waals surface area (Å²) in [6, 6.07) is 6.97. The van der Waals surface area contributed by atoms with Crippen LogP contribution in [0.1, 0.15) is 75.0 Å². The molecule has 0 N–H and O–H groups in total. The van der Waals surface area contributed by atoms with Crippen LogP contribution in [0.4, 0.5) is 0 Å². The van der Waals surface area contributed by atoms with Gasteiger partial charge in [0.15, 0.2) is 0 Å². The SMILES string of the molecule is C=Cc1ccc2c(c1)CCC(C1CCC(CCCC)CC1)C2. The summed E-state index contributed by atoms with van der Waals surface area (Å²) >= 11 is 0. The number of unbranched alkanes of at least 4 members (excludes halogenated alkanes) is 1. The Bertz CT molecular complexity index is 491. The van der Waals surface area contributed by atoms with Gasteiger partial charge in [-0.2, -0.15) is 0 Å². The second kappa shape index (κ2) is 7.49. The van der Waals surface area contributed by atoms with Gasteiger partial charge in [0.25, 0.3) is 0 Å². The molecule has 0 nitrogen and oxygen atoms in total. The number of hydrogen-bond donors (Lipinski definition) is 0. The molecule has 1 aromatic rings. The second-order valence-corrected chi connectivity index (χ2v) is 7.66. The van der Waals surface area contributed by atoms with Crippen molar-refractivity contribution in [3.8, 4) is 0 Å². The molecule has 2 aliphatic carbocycles. The molecule has 120 valence electrons. The van der Waals surface area contributed by atoms with Crippen LogP contribution in [0.2, 0.25) is 0 Å². The van der Waals surface area contributed by atoms with Gasteiger partial charge in [0.1, 0.15) is 0 Å². The topological polar surface area (TPSA) is 0 Å². The second-order valence-electron chi connectivity index (χ2n) is 7.66. The van der Waals surface area contributed by atoms with Crippen LogP contribution >= 0.6 is 0 Å². The first-order valence-corrected chi connectivity index (χ1v) is 9.54. The molecule has 0 aliphatic heterocycles. The largest absolute Gasteiger partial charge is 0.0985 e. The Morgan fingerprint density at radius 1 is 1.05 bits per heavy atom. The lowest BCUT2D eigenvalue weighted by molar-refractivity contribution is 0.183. The summed E-state index contributed by atoms with van der Waals surface area (Å²) in [5.74, 6) is 3.00. The molecule has 22 heavy (non-hydrogen) atoms. The molecule has 1 atom stereocenters. The predicted octanol–water partition coefficient (Wildman–Crippen LogP) is 6.43. The standard InChI is InChI=1S/C22H32/c1-3-5-6-18-8-10-19(11-9-18)21-14-13-20-15-17(4-2)7-12-22(20)16-21/h4,7,12,15,18-19,21H,2-3,5-6,8-11,13-14,16H2,1H3. The van der Waals surface area contributed by atoms with Gasteiger partial charge in [-0.3, -0.25) is 0 Å². The fourth-order valence-corrected chi connectivity index (χ4v) is 4.77. The van der Waals surface area contributed by atoms with E-state index in [1.54, 1.807) is 11.1 Å². The van der Waals surface area contributed by atoms with Crippen molar-refractivity contribution in [3.05, 3.63) is 41.5 Å². The van der Waals surface area contributed by atoms with Gasteiger partial charge in [0.2, 0.25) is 0 Å². The van der Waals surface area contributed by atoms with E-state index in [0.717, 1.165) is 17.8 Å². The highest BCUT2D eigenvalue weighted by Gasteiger charge is 2.29. The third-order valence-electron chi connectivity index (χ3n) is 6.26. The van der Waals surface area contributed by atoms with E-state index >= 15 is 0 Å². The monoisotopic (exact) mass is 296 g/mol. The first-order valence-electron chi connectivity index (χ1n) is 9.54. The molecule has 1 fully saturated rings. The van der Waals surface area contributed by atoms with Crippen LogP contribution in [0.25, 0.3) is 6.08 Å². The van der Waals surface area contributed by atoms with Crippen LogP contribution < -0.4 is 0 Å². The number of fused-ring (bicyclic) bond motifs is 1. The van der Waals surface area contributed by atoms with E-state index in [1.165, 1.54) is 69.8 Å². The lowest BCUT2D eigenvalue weighted by Gasteiger charge is -2.36. The van der Waals surface area contributed by atoms with Crippen molar-refractivity contribution in [1.82, 2.24) is 0 Å². The number of benzene rings is 1. The average Bonchev–Trinajstić information content (AvgIpc) is 2.59. The van der Waals surface area contributed by atoms with Gasteiger partial charge in [-0.15, -0.1) is 0 Å². The smallest absolute Gasteiger partial charge is 0.0245 e. The molecule has 1 saturated carbocycles. The molecule has 0 bridgehead atoms. The molecular weight excluding hydrogens is 264 g/mol. The number of aryl methyl sites for hydroxylation is 1. The van der Waals surface area contributed by atoms with E-state index < -0.39 is 0 Å². The fraction of sp³-hybridized carbons (Fsp3) is 0.636. The predicted molar refractivity (Wildman–Crippen MR) is 97.0 cm³/mol. The third-order valence-corrected chi connectivity index (χ3v) is 6.26. The zero-order chi connectivity index (χ0) is 15.4. The Kier molecular flexibility index (Phi) is 5.39. The van der Waals surface area contributed by atoms with Gasteiger partial charge in [0.05, 0.1) is 0 Å². The van der Waals surface area contributed by atoms with Gasteiger partial charge >= 0.3 is 0 Å². The van der Waals surface area contributed by atoms with E-state index in [0.29, 0.717) is 0 Å². The van der Waals surface area contributed by atoms with Crippen molar-refractivity contribution < 1.29 is 0 Å². The van der Waals surface area contributed by atoms with Crippen LogP contribution in [0.5, 0.6) is 0 Å². The molecule has 1 aromatic carbocycles. The van der Waals surface area contributed by atoms with Crippen molar-refractivity contribution >= 4 is 6.08 Å². The van der Waals surface area contributed by atoms with E-state index in [1.807, 2.05) is 6.08 Å². The highest BCUT2D eigenvalue weighted by atomic mass is 14.3. The van der Waals surface area contributed by atoms with E-state index in [4.69, 9.17) is 0 Å². The summed E-state index contributed by atoms with van der Waals surface area (Å²) in [5.41, 5.74) is 4.49. The van der Waals surface area contributed by atoms with Crippen molar-refractivity contribution in [2.24, 2.45) is 17.8 Å². The summed E-state index contributed by atoms with van der Waals surface area (Å²) in [6.45, 7) is 6.22. The van der Waals surface area contributed by atoms with Crippen molar-refractivity contribution in [3.63, 3.8) is 0 Å². The lowest BCUT2D eigenvalue weighted by Crippen LogP contribution is -2.26. The molecule has 0 spiro atoms. The summed E-state index contributed by atoms with van der Waals surface area (Å²) in [4.78, 5) is 0. The van der Waals surface area contributed by atoms with Gasteiger partial charge in [-0.25, -0.2) is 0 Å². The Balaban J connectivity index is 1.55. The Morgan fingerprint density at radius 2 is 1.86 bits per heavy atom. The molecular formula is C22H32. The maximum absolute atomic E-state index is 3.90. The average molecular weight is 296 g/mol. The van der Waals surface area contributed by atoms with Gasteiger partial charge < -0.3 is 0 Å². The molecule has 0 aromatic heterocycles. The summed E-state index contributed by atoms with van der Waals surface area (Å²) in [5, 5.41) is 0. The molecule has 2 aliphatic rings. The van der Waals surface area contributed by atoms with Crippen LogP contribution in [-0.2, 0) is 12.8 Å². The third kappa shape index (κ3) is 3.65. The highest BCUT2D eigenvalue weighted by molar-refractivity contribution is 5.50. The van der Waals surface area contributed by atoms with E-state index in [-0.39, 0.29) is 0 Å². The summed E-state index contributed by atoms with van der Waals surface area (Å²) < 4.78 is 0. The maximum Gasteiger partial charge on any atom is -0.0245 e. The molecule has 0 amide bonds. The molecule has 0 heteroatoms. The highest BCUT2D eigenvalue weighted by Crippen LogP contribution is 2.40. The Hall–Kier alpha value is -1.04. The molecule has 3 rings (SSSR count). The minimum absolute atomic E-state index is 0.953. The van der Waals surface area contributed by atoms with Crippen LogP contribution in [0.3, 0.4) is 0 Å². The zero-order valence-electron chi connectivity index (χ0n) is 14.3. The molecule has 0 saturated heterocycles. The van der Waals surface area contributed by atoms with Crippen LogP contribution in [-0.4, -0.2) is 0 Å². The van der Waals surface area contributed by atoms with Gasteiger partial charge in [-0.05, 0) is 66.5 Å². The minimum Gasteiger partial charge on any atom is -0.0985 e. The molecule has 0 heterocycles. The number of rotatable bonds is 5. The fourth-order valence-electron chi connectivity index (χ4n) is 4.77. The summed E-state index contributed by atoms with van der Waals surface area (Å²) in [7, 11) is 0. The molecule has 1 unspecified atom stereocenters. The van der Waals surface area contributed by atoms with Crippen LogP contribution in [0.15, 0.2) is 24.8 Å². The van der Waals surface area contributed by atoms with Crippen LogP contribution in [0, 0.1) is 17.8 Å². The normalized spacial score (nSPS) is 28.1. The van der Waals surface area contributed by atoms with Crippen molar-refractivity contribution in [2.45, 2.75) is 71.1 Å². The quantitative estimate of drug-likeness (QED) is 0.587. The number of hydrogen-bond acceptors (Lipinski definition) is 0. The van der Waals surface area contributed by atoms with Gasteiger partial charge in [-0.1, -0.05) is 69.9 Å². The first kappa shape index (κ1) is 15.8. The zero-order valence-corrected chi connectivity index (χ0v) is 14.3. The van der Waals surface area contributed by atoms with E-state index in [2.05, 4.69) is 31.7 Å². The Labute approximate surface area is 137 Å². The maximum atomic E-state index is 3.90. The molecule has 0 radical (unpaired) electrons. The summed E-state index contributed by atoms with van der Waals surface area (Å²) in [6.07, 6.45) is 16.3. The van der Waals surface area contributed by atoms with E-state index in [9.17, 15) is 0 Å². The van der Waals surface area contributed by atoms with Crippen molar-refractivity contribution in [1.29, 1.82) is 0 Å². The Morgan fingerprint density at radius 3 is 2.59 bits per heavy atom. The van der Waals surface area contributed by atoms with Crippen molar-refractivity contribution in [2.75, 3.05) is 0 Å². The minimum atomic E-state index is 0.953.